The van der Waals surface area contributed by atoms with Gasteiger partial charge in [-0.2, -0.15) is 8.78 Å². The summed E-state index contributed by atoms with van der Waals surface area (Å²) in [6.45, 7) is 1.26. The van der Waals surface area contributed by atoms with Gasteiger partial charge in [0.1, 0.15) is 6.04 Å². The van der Waals surface area contributed by atoms with Gasteiger partial charge in [0.05, 0.1) is 27.9 Å². The highest BCUT2D eigenvalue weighted by molar-refractivity contribution is 5.79. The summed E-state index contributed by atoms with van der Waals surface area (Å²) in [5.74, 6) is -5.02. The van der Waals surface area contributed by atoms with Gasteiger partial charge in [0.15, 0.2) is 11.5 Å². The van der Waals surface area contributed by atoms with Crippen molar-refractivity contribution >= 4 is 5.97 Å². The molecular formula is C14H19F2NO5. The van der Waals surface area contributed by atoms with E-state index in [0.29, 0.717) is 0 Å². The molecule has 0 heterocycles. The topological polar surface area (TPSA) is 80.0 Å². The number of carbonyl (C=O) groups is 1. The predicted molar refractivity (Wildman–Crippen MR) is 74.6 cm³/mol. The van der Waals surface area contributed by atoms with Crippen LogP contribution in [-0.2, 0) is 9.53 Å². The number of alkyl halides is 2. The smallest absolute Gasteiger partial charge is 0.379 e. The first-order chi connectivity index (χ1) is 10.3. The Morgan fingerprint density at radius 3 is 2.05 bits per heavy atom. The van der Waals surface area contributed by atoms with Gasteiger partial charge in [-0.3, -0.25) is 0 Å². The molecule has 0 aliphatic rings. The van der Waals surface area contributed by atoms with Crippen molar-refractivity contribution in [2.24, 2.45) is 5.73 Å². The number of hydrogen-bond acceptors (Lipinski definition) is 6. The van der Waals surface area contributed by atoms with Crippen LogP contribution < -0.4 is 19.9 Å². The van der Waals surface area contributed by atoms with E-state index in [1.807, 2.05) is 0 Å². The molecule has 0 radical (unpaired) electrons. The van der Waals surface area contributed by atoms with Gasteiger partial charge >= 0.3 is 11.9 Å². The summed E-state index contributed by atoms with van der Waals surface area (Å²) in [6.07, 6.45) is 0. The average Bonchev–Trinajstić information content (AvgIpc) is 2.52. The molecule has 0 aliphatic heterocycles. The van der Waals surface area contributed by atoms with E-state index in [1.54, 1.807) is 0 Å². The molecule has 0 saturated heterocycles. The number of benzene rings is 1. The second-order valence-corrected chi connectivity index (χ2v) is 4.28. The van der Waals surface area contributed by atoms with Crippen molar-refractivity contribution in [2.75, 3.05) is 27.9 Å². The minimum atomic E-state index is -3.89. The van der Waals surface area contributed by atoms with Gasteiger partial charge in [0, 0.05) is 0 Å². The van der Waals surface area contributed by atoms with E-state index in [9.17, 15) is 13.6 Å². The highest BCUT2D eigenvalue weighted by atomic mass is 19.3. The Labute approximate surface area is 127 Å². The van der Waals surface area contributed by atoms with Gasteiger partial charge in [0.2, 0.25) is 5.75 Å². The van der Waals surface area contributed by atoms with Crippen LogP contribution in [0, 0.1) is 0 Å². The molecule has 0 bridgehead atoms. The summed E-state index contributed by atoms with van der Waals surface area (Å²) >= 11 is 0. The molecule has 1 aromatic carbocycles. The number of carbonyl (C=O) groups excluding carboxylic acids is 1. The zero-order valence-corrected chi connectivity index (χ0v) is 12.8. The molecule has 0 spiro atoms. The Morgan fingerprint density at radius 1 is 1.18 bits per heavy atom. The highest BCUT2D eigenvalue weighted by Crippen LogP contribution is 2.42. The van der Waals surface area contributed by atoms with Crippen molar-refractivity contribution in [3.8, 4) is 17.2 Å². The van der Waals surface area contributed by atoms with Crippen LogP contribution in [0.2, 0.25) is 0 Å². The minimum Gasteiger partial charge on any atom is -0.493 e. The molecule has 0 aromatic heterocycles. The SMILES string of the molecule is CCOC(=O)C(F)(F)[C@@H](N)c1cc(OC)c(OC)c(OC)c1. The summed E-state index contributed by atoms with van der Waals surface area (Å²) in [6, 6.07) is 0.610. The third kappa shape index (κ3) is 3.38. The van der Waals surface area contributed by atoms with Crippen molar-refractivity contribution in [3.05, 3.63) is 17.7 Å². The Morgan fingerprint density at radius 2 is 1.68 bits per heavy atom. The van der Waals surface area contributed by atoms with Crippen LogP contribution in [0.5, 0.6) is 17.2 Å². The third-order valence-electron chi connectivity index (χ3n) is 2.98. The van der Waals surface area contributed by atoms with E-state index in [-0.39, 0.29) is 29.4 Å². The lowest BCUT2D eigenvalue weighted by Crippen LogP contribution is -2.41. The van der Waals surface area contributed by atoms with Crippen LogP contribution in [0.25, 0.3) is 0 Å². The number of rotatable bonds is 7. The fourth-order valence-corrected chi connectivity index (χ4v) is 1.84. The quantitative estimate of drug-likeness (QED) is 0.773. The van der Waals surface area contributed by atoms with Gasteiger partial charge in [-0.15, -0.1) is 0 Å². The Kier molecular flexibility index (Phi) is 5.92. The van der Waals surface area contributed by atoms with E-state index in [1.165, 1.54) is 40.4 Å². The highest BCUT2D eigenvalue weighted by Gasteiger charge is 2.48. The standard InChI is InChI=1S/C14H19F2NO5/c1-5-22-13(18)14(15,16)12(17)8-6-9(19-2)11(21-4)10(7-8)20-3/h6-7,12H,5,17H2,1-4H3/t12-/m0/s1. The first-order valence-corrected chi connectivity index (χ1v) is 6.43. The van der Waals surface area contributed by atoms with Gasteiger partial charge in [-0.1, -0.05) is 0 Å². The summed E-state index contributed by atoms with van der Waals surface area (Å²) in [5, 5.41) is 0. The van der Waals surface area contributed by atoms with E-state index in [2.05, 4.69) is 4.74 Å². The lowest BCUT2D eigenvalue weighted by Gasteiger charge is -2.23. The van der Waals surface area contributed by atoms with Crippen molar-refractivity contribution in [2.45, 2.75) is 18.9 Å². The lowest BCUT2D eigenvalue weighted by molar-refractivity contribution is -0.174. The maximum Gasteiger partial charge on any atom is 0.379 e. The number of hydrogen-bond donors (Lipinski definition) is 1. The van der Waals surface area contributed by atoms with Crippen LogP contribution in [-0.4, -0.2) is 39.8 Å². The monoisotopic (exact) mass is 319 g/mol. The Hall–Kier alpha value is -2.09. The first-order valence-electron chi connectivity index (χ1n) is 6.43. The number of ether oxygens (including phenoxy) is 4. The number of methoxy groups -OCH3 is 3. The van der Waals surface area contributed by atoms with Gasteiger partial charge < -0.3 is 24.7 Å². The van der Waals surface area contributed by atoms with E-state index >= 15 is 0 Å². The van der Waals surface area contributed by atoms with Gasteiger partial charge in [-0.05, 0) is 24.6 Å². The fourth-order valence-electron chi connectivity index (χ4n) is 1.84. The van der Waals surface area contributed by atoms with Crippen LogP contribution in [0.1, 0.15) is 18.5 Å². The molecule has 0 saturated carbocycles. The molecule has 1 rings (SSSR count). The summed E-state index contributed by atoms with van der Waals surface area (Å²) in [5.41, 5.74) is 5.49. The number of esters is 1. The molecule has 0 fully saturated rings. The molecule has 22 heavy (non-hydrogen) atoms. The summed E-state index contributed by atoms with van der Waals surface area (Å²) in [4.78, 5) is 11.4. The number of nitrogens with two attached hydrogens (primary N) is 1. The molecule has 0 aliphatic carbocycles. The molecule has 124 valence electrons. The van der Waals surface area contributed by atoms with Crippen molar-refractivity contribution in [3.63, 3.8) is 0 Å². The average molecular weight is 319 g/mol. The predicted octanol–water partition coefficient (Wildman–Crippen LogP) is 1.91. The zero-order chi connectivity index (χ0) is 16.9. The van der Waals surface area contributed by atoms with E-state index in [4.69, 9.17) is 19.9 Å². The zero-order valence-electron chi connectivity index (χ0n) is 12.8. The number of halogens is 2. The van der Waals surface area contributed by atoms with Gasteiger partial charge in [0.25, 0.3) is 0 Å². The first kappa shape index (κ1) is 18.0. The van der Waals surface area contributed by atoms with Crippen molar-refractivity contribution in [1.29, 1.82) is 0 Å². The largest absolute Gasteiger partial charge is 0.493 e. The minimum absolute atomic E-state index is 0.0486. The molecule has 0 amide bonds. The molecule has 2 N–H and O–H groups in total. The molecule has 6 nitrogen and oxygen atoms in total. The molecule has 8 heteroatoms. The Balaban J connectivity index is 3.28. The molecule has 1 atom stereocenters. The van der Waals surface area contributed by atoms with Gasteiger partial charge in [-0.25, -0.2) is 4.79 Å². The fraction of sp³-hybridized carbons (Fsp3) is 0.500. The van der Waals surface area contributed by atoms with Crippen LogP contribution in [0.4, 0.5) is 8.78 Å². The lowest BCUT2D eigenvalue weighted by atomic mass is 10.0. The Bertz CT molecular complexity index is 511. The normalized spacial score (nSPS) is 12.5. The van der Waals surface area contributed by atoms with Crippen LogP contribution in [0.3, 0.4) is 0 Å². The van der Waals surface area contributed by atoms with E-state index < -0.39 is 17.9 Å². The summed E-state index contributed by atoms with van der Waals surface area (Å²) < 4.78 is 47.6. The molecule has 0 unspecified atom stereocenters. The second-order valence-electron chi connectivity index (χ2n) is 4.28. The third-order valence-corrected chi connectivity index (χ3v) is 2.98. The second kappa shape index (κ2) is 7.26. The van der Waals surface area contributed by atoms with Crippen LogP contribution >= 0.6 is 0 Å². The molecular weight excluding hydrogens is 300 g/mol. The van der Waals surface area contributed by atoms with E-state index in [0.717, 1.165) is 0 Å². The maximum atomic E-state index is 14.0. The maximum absolute atomic E-state index is 14.0. The van der Waals surface area contributed by atoms with Crippen molar-refractivity contribution < 1.29 is 32.5 Å². The molecule has 1 aromatic rings. The summed E-state index contributed by atoms with van der Waals surface area (Å²) in [7, 11) is 4.07. The van der Waals surface area contributed by atoms with Crippen molar-refractivity contribution in [1.82, 2.24) is 0 Å². The van der Waals surface area contributed by atoms with Crippen LogP contribution in [0.15, 0.2) is 12.1 Å².